The largest absolute Gasteiger partial charge is 0.462 e. The van der Waals surface area contributed by atoms with Crippen LogP contribution in [0.5, 0.6) is 0 Å². The van der Waals surface area contributed by atoms with Crippen molar-refractivity contribution >= 4 is 17.9 Å². The molecule has 0 bridgehead atoms. The Bertz CT molecular complexity index is 1230. The van der Waals surface area contributed by atoms with Crippen LogP contribution in [0.25, 0.3) is 0 Å². The first-order valence-corrected chi connectivity index (χ1v) is 29.3. The highest BCUT2D eigenvalue weighted by Crippen LogP contribution is 2.16. The summed E-state index contributed by atoms with van der Waals surface area (Å²) in [4.78, 5) is 38.1. The quantitative estimate of drug-likeness (QED) is 0.0262. The molecule has 0 heterocycles. The molecule has 0 aliphatic heterocycles. The van der Waals surface area contributed by atoms with E-state index in [1.54, 1.807) is 0 Å². The molecule has 6 nitrogen and oxygen atoms in total. The SMILES string of the molecule is CC/C=C\C/C=C\C/C=C\CCCCCC(=O)OCC(COC(=O)CCCCCCCCCCCCCCCCCCCCC)OC(=O)CCCCCCCCC/C=C\C/C=C\CCCCCC. The Labute approximate surface area is 421 Å². The molecule has 0 amide bonds. The molecule has 6 heteroatoms. The molecular formula is C62H110O6. The number of esters is 3. The second-order valence-electron chi connectivity index (χ2n) is 19.5. The first kappa shape index (κ1) is 65.1. The average molecular weight is 952 g/mol. The van der Waals surface area contributed by atoms with Gasteiger partial charge in [0.05, 0.1) is 0 Å². The van der Waals surface area contributed by atoms with Crippen LogP contribution in [0, 0.1) is 0 Å². The molecule has 0 aliphatic rings. The first-order valence-electron chi connectivity index (χ1n) is 29.3. The van der Waals surface area contributed by atoms with Gasteiger partial charge < -0.3 is 14.2 Å². The summed E-state index contributed by atoms with van der Waals surface area (Å²) in [7, 11) is 0. The van der Waals surface area contributed by atoms with E-state index in [1.165, 1.54) is 161 Å². The lowest BCUT2D eigenvalue weighted by Gasteiger charge is -2.18. The molecule has 0 saturated heterocycles. The van der Waals surface area contributed by atoms with Crippen LogP contribution in [-0.2, 0) is 28.6 Å². The molecule has 1 atom stereocenters. The fourth-order valence-corrected chi connectivity index (χ4v) is 8.37. The molecule has 0 aromatic heterocycles. The van der Waals surface area contributed by atoms with Gasteiger partial charge in [-0.25, -0.2) is 0 Å². The lowest BCUT2D eigenvalue weighted by molar-refractivity contribution is -0.167. The van der Waals surface area contributed by atoms with E-state index in [2.05, 4.69) is 81.5 Å². The molecular weight excluding hydrogens is 841 g/mol. The Balaban J connectivity index is 4.36. The summed E-state index contributed by atoms with van der Waals surface area (Å²) in [6.07, 6.45) is 70.7. The van der Waals surface area contributed by atoms with Crippen LogP contribution in [0.4, 0.5) is 0 Å². The van der Waals surface area contributed by atoms with E-state index in [0.29, 0.717) is 19.3 Å². The van der Waals surface area contributed by atoms with Gasteiger partial charge in [-0.1, -0.05) is 255 Å². The van der Waals surface area contributed by atoms with Crippen molar-refractivity contribution in [1.29, 1.82) is 0 Å². The molecule has 0 radical (unpaired) electrons. The third-order valence-corrected chi connectivity index (χ3v) is 12.8. The predicted molar refractivity (Wildman–Crippen MR) is 293 cm³/mol. The van der Waals surface area contributed by atoms with Crippen molar-refractivity contribution in [3.05, 3.63) is 60.8 Å². The predicted octanol–water partition coefficient (Wildman–Crippen LogP) is 19.6. The van der Waals surface area contributed by atoms with Gasteiger partial charge in [-0.05, 0) is 83.5 Å². The van der Waals surface area contributed by atoms with Crippen LogP contribution >= 0.6 is 0 Å². The smallest absolute Gasteiger partial charge is 0.306 e. The Morgan fingerprint density at radius 1 is 0.309 bits per heavy atom. The highest BCUT2D eigenvalue weighted by molar-refractivity contribution is 5.71. The van der Waals surface area contributed by atoms with Crippen LogP contribution < -0.4 is 0 Å². The molecule has 0 rings (SSSR count). The second-order valence-corrected chi connectivity index (χ2v) is 19.5. The van der Waals surface area contributed by atoms with Gasteiger partial charge in [0.1, 0.15) is 13.2 Å². The van der Waals surface area contributed by atoms with Gasteiger partial charge in [0.25, 0.3) is 0 Å². The molecule has 0 aliphatic carbocycles. The van der Waals surface area contributed by atoms with E-state index in [-0.39, 0.29) is 31.1 Å². The Morgan fingerprint density at radius 3 is 0.926 bits per heavy atom. The minimum atomic E-state index is -0.789. The summed E-state index contributed by atoms with van der Waals surface area (Å²) in [5.41, 5.74) is 0. The van der Waals surface area contributed by atoms with Crippen molar-refractivity contribution in [2.75, 3.05) is 13.2 Å². The van der Waals surface area contributed by atoms with Crippen molar-refractivity contribution in [1.82, 2.24) is 0 Å². The van der Waals surface area contributed by atoms with Gasteiger partial charge in [-0.3, -0.25) is 14.4 Å². The highest BCUT2D eigenvalue weighted by atomic mass is 16.6. The monoisotopic (exact) mass is 951 g/mol. The number of hydrogen-bond acceptors (Lipinski definition) is 6. The van der Waals surface area contributed by atoms with Crippen LogP contribution in [-0.4, -0.2) is 37.2 Å². The van der Waals surface area contributed by atoms with Crippen molar-refractivity contribution in [2.24, 2.45) is 0 Å². The summed E-state index contributed by atoms with van der Waals surface area (Å²) in [6.45, 7) is 6.51. The first-order chi connectivity index (χ1) is 33.5. The number of carbonyl (C=O) groups is 3. The van der Waals surface area contributed by atoms with Crippen molar-refractivity contribution in [3.63, 3.8) is 0 Å². The Morgan fingerprint density at radius 2 is 0.574 bits per heavy atom. The molecule has 0 spiro atoms. The van der Waals surface area contributed by atoms with Crippen LogP contribution in [0.1, 0.15) is 297 Å². The fourth-order valence-electron chi connectivity index (χ4n) is 8.37. The lowest BCUT2D eigenvalue weighted by Crippen LogP contribution is -2.30. The molecule has 0 fully saturated rings. The van der Waals surface area contributed by atoms with Gasteiger partial charge in [-0.15, -0.1) is 0 Å². The van der Waals surface area contributed by atoms with Gasteiger partial charge in [0.15, 0.2) is 6.10 Å². The van der Waals surface area contributed by atoms with E-state index in [4.69, 9.17) is 14.2 Å². The summed E-state index contributed by atoms with van der Waals surface area (Å²) < 4.78 is 16.9. The van der Waals surface area contributed by atoms with Gasteiger partial charge in [0.2, 0.25) is 0 Å². The maximum absolute atomic E-state index is 12.9. The second kappa shape index (κ2) is 56.7. The lowest BCUT2D eigenvalue weighted by atomic mass is 10.0. The topological polar surface area (TPSA) is 78.9 Å². The fraction of sp³-hybridized carbons (Fsp3) is 0.790. The minimum Gasteiger partial charge on any atom is -0.462 e. The van der Waals surface area contributed by atoms with Crippen LogP contribution in [0.3, 0.4) is 0 Å². The van der Waals surface area contributed by atoms with Gasteiger partial charge >= 0.3 is 17.9 Å². The van der Waals surface area contributed by atoms with Crippen molar-refractivity contribution in [3.8, 4) is 0 Å². The van der Waals surface area contributed by atoms with E-state index < -0.39 is 6.10 Å². The summed E-state index contributed by atoms with van der Waals surface area (Å²) in [6, 6.07) is 0. The number of carbonyl (C=O) groups excluding carboxylic acids is 3. The maximum Gasteiger partial charge on any atom is 0.306 e. The normalized spacial score (nSPS) is 12.5. The van der Waals surface area contributed by atoms with Crippen molar-refractivity contribution in [2.45, 2.75) is 303 Å². The zero-order valence-electron chi connectivity index (χ0n) is 45.1. The summed E-state index contributed by atoms with van der Waals surface area (Å²) in [5, 5.41) is 0. The molecule has 0 saturated carbocycles. The molecule has 0 aromatic carbocycles. The zero-order chi connectivity index (χ0) is 49.3. The number of unbranched alkanes of at least 4 members (excludes halogenated alkanes) is 32. The minimum absolute atomic E-state index is 0.0844. The van der Waals surface area contributed by atoms with Crippen molar-refractivity contribution < 1.29 is 28.6 Å². The third-order valence-electron chi connectivity index (χ3n) is 12.8. The highest BCUT2D eigenvalue weighted by Gasteiger charge is 2.19. The van der Waals surface area contributed by atoms with E-state index in [9.17, 15) is 14.4 Å². The van der Waals surface area contributed by atoms with E-state index in [0.717, 1.165) is 96.3 Å². The Hall–Kier alpha value is -2.89. The molecule has 0 N–H and O–H groups in total. The molecule has 68 heavy (non-hydrogen) atoms. The maximum atomic E-state index is 12.9. The Kier molecular flexibility index (Phi) is 54.3. The number of hydrogen-bond donors (Lipinski definition) is 0. The molecule has 0 aromatic rings. The van der Waals surface area contributed by atoms with E-state index in [1.807, 2.05) is 0 Å². The van der Waals surface area contributed by atoms with Crippen LogP contribution in [0.15, 0.2) is 60.8 Å². The number of allylic oxidation sites excluding steroid dienone is 10. The standard InChI is InChI=1S/C62H110O6/c1-4-7-10-13-16-19-22-25-27-29-31-33-34-37-40-43-46-49-52-55-61(64)67-58-59(57-66-60(63)54-51-48-45-42-39-36-24-21-18-15-12-9-6-3)68-62(65)56-53-50-47-44-41-38-35-32-30-28-26-23-20-17-14-11-8-5-2/h9,12,18,20-21,23,28,30,36,39,59H,4-8,10-11,13-17,19,22,24-27,29,31-35,37-38,40-58H2,1-3H3/b12-9-,21-18-,23-20-,30-28-,39-36-. The zero-order valence-corrected chi connectivity index (χ0v) is 45.1. The van der Waals surface area contributed by atoms with E-state index >= 15 is 0 Å². The summed E-state index contributed by atoms with van der Waals surface area (Å²) in [5.74, 6) is -0.910. The van der Waals surface area contributed by atoms with Crippen LogP contribution in [0.2, 0.25) is 0 Å². The van der Waals surface area contributed by atoms with Gasteiger partial charge in [0, 0.05) is 19.3 Å². The average Bonchev–Trinajstić information content (AvgIpc) is 3.34. The molecule has 394 valence electrons. The summed E-state index contributed by atoms with van der Waals surface area (Å²) >= 11 is 0. The van der Waals surface area contributed by atoms with Gasteiger partial charge in [-0.2, -0.15) is 0 Å². The number of ether oxygens (including phenoxy) is 3. The molecule has 1 unspecified atom stereocenters. The number of rotatable bonds is 53. The third kappa shape index (κ3) is 54.1.